The van der Waals surface area contributed by atoms with Gasteiger partial charge >= 0.3 is 0 Å². The second kappa shape index (κ2) is 6.91. The molecule has 2 heteroatoms. The fourth-order valence-electron chi connectivity index (χ4n) is 2.26. The molecular formula is C16H28N2. The highest BCUT2D eigenvalue weighted by Gasteiger charge is 2.13. The van der Waals surface area contributed by atoms with Crippen LogP contribution in [0.5, 0.6) is 0 Å². The van der Waals surface area contributed by atoms with Crippen LogP contribution in [0.1, 0.15) is 38.3 Å². The average molecular weight is 248 g/mol. The molecule has 0 aliphatic carbocycles. The SMILES string of the molecule is CCCc1ccc(CCN(C)CC(C)(C)N)cc1. The average Bonchev–Trinajstić information content (AvgIpc) is 2.26. The summed E-state index contributed by atoms with van der Waals surface area (Å²) in [7, 11) is 2.14. The van der Waals surface area contributed by atoms with Gasteiger partial charge in [-0.25, -0.2) is 0 Å². The van der Waals surface area contributed by atoms with Gasteiger partial charge in [0.15, 0.2) is 0 Å². The Balaban J connectivity index is 2.39. The van der Waals surface area contributed by atoms with E-state index in [9.17, 15) is 0 Å². The molecule has 0 unspecified atom stereocenters. The van der Waals surface area contributed by atoms with Crippen molar-refractivity contribution in [2.45, 2.75) is 45.6 Å². The van der Waals surface area contributed by atoms with Crippen molar-refractivity contribution in [1.29, 1.82) is 0 Å². The molecule has 0 heterocycles. The topological polar surface area (TPSA) is 29.3 Å². The summed E-state index contributed by atoms with van der Waals surface area (Å²) >= 11 is 0. The molecule has 18 heavy (non-hydrogen) atoms. The van der Waals surface area contributed by atoms with E-state index in [1.807, 2.05) is 0 Å². The van der Waals surface area contributed by atoms with Crippen LogP contribution in [0.2, 0.25) is 0 Å². The lowest BCUT2D eigenvalue weighted by atomic mass is 10.0. The maximum Gasteiger partial charge on any atom is 0.0225 e. The van der Waals surface area contributed by atoms with E-state index in [1.165, 1.54) is 24.0 Å². The van der Waals surface area contributed by atoms with Crippen molar-refractivity contribution in [1.82, 2.24) is 4.90 Å². The van der Waals surface area contributed by atoms with Gasteiger partial charge in [-0.05, 0) is 44.9 Å². The molecule has 1 aromatic carbocycles. The first-order valence-electron chi connectivity index (χ1n) is 6.96. The third-order valence-corrected chi connectivity index (χ3v) is 3.02. The molecule has 0 radical (unpaired) electrons. The highest BCUT2D eigenvalue weighted by molar-refractivity contribution is 5.22. The number of rotatable bonds is 7. The third-order valence-electron chi connectivity index (χ3n) is 3.02. The normalized spacial score (nSPS) is 12.1. The Kier molecular flexibility index (Phi) is 5.83. The predicted octanol–water partition coefficient (Wildman–Crippen LogP) is 2.85. The lowest BCUT2D eigenvalue weighted by Gasteiger charge is -2.26. The molecule has 0 aromatic heterocycles. The van der Waals surface area contributed by atoms with Gasteiger partial charge < -0.3 is 10.6 Å². The molecule has 102 valence electrons. The van der Waals surface area contributed by atoms with Crippen LogP contribution < -0.4 is 5.73 Å². The van der Waals surface area contributed by atoms with Gasteiger partial charge in [0.2, 0.25) is 0 Å². The third kappa shape index (κ3) is 6.18. The first-order chi connectivity index (χ1) is 8.40. The molecule has 0 bridgehead atoms. The first-order valence-corrected chi connectivity index (χ1v) is 6.96. The van der Waals surface area contributed by atoms with E-state index in [0.717, 1.165) is 19.5 Å². The summed E-state index contributed by atoms with van der Waals surface area (Å²) in [6, 6.07) is 9.02. The van der Waals surface area contributed by atoms with Crippen LogP contribution in [0, 0.1) is 0 Å². The van der Waals surface area contributed by atoms with Gasteiger partial charge in [0.25, 0.3) is 0 Å². The molecule has 0 aliphatic rings. The van der Waals surface area contributed by atoms with Crippen LogP contribution in [0.3, 0.4) is 0 Å². The number of nitrogens with two attached hydrogens (primary N) is 1. The van der Waals surface area contributed by atoms with Crippen molar-refractivity contribution in [2.75, 3.05) is 20.1 Å². The summed E-state index contributed by atoms with van der Waals surface area (Å²) < 4.78 is 0. The summed E-state index contributed by atoms with van der Waals surface area (Å²) in [4.78, 5) is 2.31. The van der Waals surface area contributed by atoms with Gasteiger partial charge in [-0.2, -0.15) is 0 Å². The summed E-state index contributed by atoms with van der Waals surface area (Å²) in [5.74, 6) is 0. The van der Waals surface area contributed by atoms with Crippen molar-refractivity contribution in [3.05, 3.63) is 35.4 Å². The van der Waals surface area contributed by atoms with Crippen LogP contribution in [-0.4, -0.2) is 30.6 Å². The Labute approximate surface area is 112 Å². The number of aryl methyl sites for hydroxylation is 1. The van der Waals surface area contributed by atoms with Gasteiger partial charge in [-0.15, -0.1) is 0 Å². The molecule has 2 N–H and O–H groups in total. The largest absolute Gasteiger partial charge is 0.324 e. The number of nitrogens with zero attached hydrogens (tertiary/aromatic N) is 1. The Bertz CT molecular complexity index is 335. The number of hydrogen-bond acceptors (Lipinski definition) is 2. The van der Waals surface area contributed by atoms with Crippen LogP contribution >= 0.6 is 0 Å². The van der Waals surface area contributed by atoms with E-state index in [-0.39, 0.29) is 5.54 Å². The van der Waals surface area contributed by atoms with E-state index in [2.05, 4.69) is 57.0 Å². The standard InChI is InChI=1S/C16H28N2/c1-5-6-14-7-9-15(10-8-14)11-12-18(4)13-16(2,3)17/h7-10H,5-6,11-13,17H2,1-4H3. The van der Waals surface area contributed by atoms with Gasteiger partial charge in [0.05, 0.1) is 0 Å². The molecule has 0 aliphatic heterocycles. The fourth-order valence-corrected chi connectivity index (χ4v) is 2.26. The summed E-state index contributed by atoms with van der Waals surface area (Å²) in [6.45, 7) is 8.36. The lowest BCUT2D eigenvalue weighted by Crippen LogP contribution is -2.44. The minimum Gasteiger partial charge on any atom is -0.324 e. The Morgan fingerprint density at radius 1 is 1.06 bits per heavy atom. The minimum absolute atomic E-state index is 0.111. The van der Waals surface area contributed by atoms with Gasteiger partial charge in [-0.1, -0.05) is 37.6 Å². The molecule has 0 saturated heterocycles. The first kappa shape index (κ1) is 15.2. The Hall–Kier alpha value is -0.860. The predicted molar refractivity (Wildman–Crippen MR) is 79.9 cm³/mol. The fraction of sp³-hybridized carbons (Fsp3) is 0.625. The van der Waals surface area contributed by atoms with Crippen molar-refractivity contribution >= 4 is 0 Å². The maximum absolute atomic E-state index is 6.02. The van der Waals surface area contributed by atoms with Crippen LogP contribution in [0.4, 0.5) is 0 Å². The second-order valence-electron chi connectivity index (χ2n) is 6.04. The number of benzene rings is 1. The summed E-state index contributed by atoms with van der Waals surface area (Å²) in [5.41, 5.74) is 8.76. The van der Waals surface area contributed by atoms with E-state index in [0.29, 0.717) is 0 Å². The smallest absolute Gasteiger partial charge is 0.0225 e. The molecule has 0 spiro atoms. The zero-order chi connectivity index (χ0) is 13.6. The van der Waals surface area contributed by atoms with Crippen LogP contribution in [-0.2, 0) is 12.8 Å². The highest BCUT2D eigenvalue weighted by atomic mass is 15.1. The molecule has 0 saturated carbocycles. The van der Waals surface area contributed by atoms with E-state index in [1.54, 1.807) is 0 Å². The second-order valence-corrected chi connectivity index (χ2v) is 6.04. The molecule has 0 amide bonds. The minimum atomic E-state index is -0.111. The Morgan fingerprint density at radius 3 is 2.00 bits per heavy atom. The quantitative estimate of drug-likeness (QED) is 0.804. The van der Waals surface area contributed by atoms with Crippen LogP contribution in [0.25, 0.3) is 0 Å². The molecule has 0 atom stereocenters. The summed E-state index contributed by atoms with van der Waals surface area (Å²) in [5, 5.41) is 0. The maximum atomic E-state index is 6.02. The summed E-state index contributed by atoms with van der Waals surface area (Å²) in [6.07, 6.45) is 3.49. The molecular weight excluding hydrogens is 220 g/mol. The molecule has 1 rings (SSSR count). The van der Waals surface area contributed by atoms with Gasteiger partial charge in [0, 0.05) is 18.6 Å². The number of likely N-dealkylation sites (N-methyl/N-ethyl adjacent to an activating group) is 1. The highest BCUT2D eigenvalue weighted by Crippen LogP contribution is 2.08. The van der Waals surface area contributed by atoms with E-state index in [4.69, 9.17) is 5.73 Å². The van der Waals surface area contributed by atoms with E-state index >= 15 is 0 Å². The van der Waals surface area contributed by atoms with Crippen LogP contribution in [0.15, 0.2) is 24.3 Å². The molecule has 2 nitrogen and oxygen atoms in total. The van der Waals surface area contributed by atoms with E-state index < -0.39 is 0 Å². The zero-order valence-electron chi connectivity index (χ0n) is 12.4. The molecule has 1 aromatic rings. The zero-order valence-corrected chi connectivity index (χ0v) is 12.4. The van der Waals surface area contributed by atoms with Crippen molar-refractivity contribution in [3.63, 3.8) is 0 Å². The van der Waals surface area contributed by atoms with Gasteiger partial charge in [0.1, 0.15) is 0 Å². The Morgan fingerprint density at radius 2 is 1.56 bits per heavy atom. The number of hydrogen-bond donors (Lipinski definition) is 1. The lowest BCUT2D eigenvalue weighted by molar-refractivity contribution is 0.273. The van der Waals surface area contributed by atoms with Gasteiger partial charge in [-0.3, -0.25) is 0 Å². The molecule has 0 fully saturated rings. The van der Waals surface area contributed by atoms with Crippen molar-refractivity contribution < 1.29 is 0 Å². The monoisotopic (exact) mass is 248 g/mol. The van der Waals surface area contributed by atoms with Crippen molar-refractivity contribution in [3.8, 4) is 0 Å². The van der Waals surface area contributed by atoms with Crippen molar-refractivity contribution in [2.24, 2.45) is 5.73 Å².